The monoisotopic (exact) mass is 299 g/mol. The van der Waals surface area contributed by atoms with Crippen molar-refractivity contribution in [3.05, 3.63) is 35.4 Å². The number of rotatable bonds is 7. The highest BCUT2D eigenvalue weighted by atomic mass is 19.2. The van der Waals surface area contributed by atoms with E-state index in [1.165, 1.54) is 6.07 Å². The summed E-state index contributed by atoms with van der Waals surface area (Å²) in [7, 11) is 0. The second kappa shape index (κ2) is 7.71. The lowest BCUT2D eigenvalue weighted by atomic mass is 9.99. The molecular formula is C15H19F2NO3. The Bertz CT molecular complexity index is 520. The molecule has 4 nitrogen and oxygen atoms in total. The van der Waals surface area contributed by atoms with Crippen molar-refractivity contribution < 1.29 is 23.5 Å². The molecule has 0 aliphatic carbocycles. The first kappa shape index (κ1) is 17.1. The third-order valence-corrected chi connectivity index (χ3v) is 3.42. The van der Waals surface area contributed by atoms with Crippen molar-refractivity contribution in [3.8, 4) is 0 Å². The molecule has 0 aromatic heterocycles. The number of benzene rings is 1. The molecule has 0 aliphatic heterocycles. The van der Waals surface area contributed by atoms with Gasteiger partial charge in [-0.15, -0.1) is 0 Å². The lowest BCUT2D eigenvalue weighted by molar-refractivity contribution is -0.143. The number of hydrogen-bond donors (Lipinski definition) is 2. The van der Waals surface area contributed by atoms with Crippen molar-refractivity contribution in [2.45, 2.75) is 39.2 Å². The largest absolute Gasteiger partial charge is 0.480 e. The lowest BCUT2D eigenvalue weighted by Crippen LogP contribution is -2.45. The second-order valence-electron chi connectivity index (χ2n) is 5.02. The Morgan fingerprint density at radius 3 is 2.48 bits per heavy atom. The minimum Gasteiger partial charge on any atom is -0.480 e. The van der Waals surface area contributed by atoms with E-state index < -0.39 is 29.6 Å². The maximum absolute atomic E-state index is 13.0. The number of carbonyl (C=O) groups is 2. The summed E-state index contributed by atoms with van der Waals surface area (Å²) in [6, 6.07) is 2.50. The fourth-order valence-corrected chi connectivity index (χ4v) is 1.88. The van der Waals surface area contributed by atoms with Crippen LogP contribution in [0.25, 0.3) is 0 Å². The first-order chi connectivity index (χ1) is 9.85. The van der Waals surface area contributed by atoms with E-state index in [4.69, 9.17) is 5.11 Å². The summed E-state index contributed by atoms with van der Waals surface area (Å²) >= 11 is 0. The number of halogens is 2. The molecule has 0 bridgehead atoms. The van der Waals surface area contributed by atoms with Crippen LogP contribution in [-0.4, -0.2) is 23.0 Å². The average Bonchev–Trinajstić information content (AvgIpc) is 2.44. The molecule has 0 aliphatic rings. The molecule has 0 heterocycles. The minimum absolute atomic E-state index is 0.0191. The molecule has 1 rings (SSSR count). The van der Waals surface area contributed by atoms with E-state index in [1.54, 1.807) is 6.92 Å². The molecule has 0 radical (unpaired) electrons. The number of nitrogens with one attached hydrogen (secondary N) is 1. The van der Waals surface area contributed by atoms with Gasteiger partial charge in [0.1, 0.15) is 6.04 Å². The number of aliphatic carboxylic acids is 1. The highest BCUT2D eigenvalue weighted by molar-refractivity contribution is 5.83. The van der Waals surface area contributed by atoms with Crippen molar-refractivity contribution in [1.82, 2.24) is 5.32 Å². The van der Waals surface area contributed by atoms with Gasteiger partial charge in [-0.25, -0.2) is 13.6 Å². The molecule has 0 saturated carbocycles. The van der Waals surface area contributed by atoms with Crippen molar-refractivity contribution >= 4 is 11.9 Å². The van der Waals surface area contributed by atoms with Gasteiger partial charge in [0.2, 0.25) is 5.91 Å². The zero-order valence-corrected chi connectivity index (χ0v) is 12.0. The van der Waals surface area contributed by atoms with Crippen LogP contribution in [0, 0.1) is 17.6 Å². The van der Waals surface area contributed by atoms with E-state index in [2.05, 4.69) is 5.32 Å². The zero-order valence-electron chi connectivity index (χ0n) is 12.0. The predicted octanol–water partition coefficient (Wildman–Crippen LogP) is 2.51. The number of carbonyl (C=O) groups excluding carboxylic acids is 1. The molecule has 0 fully saturated rings. The summed E-state index contributed by atoms with van der Waals surface area (Å²) in [5.41, 5.74) is 0.486. The number of aryl methyl sites for hydroxylation is 1. The number of hydrogen-bond acceptors (Lipinski definition) is 2. The van der Waals surface area contributed by atoms with Gasteiger partial charge in [0.15, 0.2) is 11.6 Å². The SMILES string of the molecule is CCC(C)C(NC(=O)CCc1ccc(F)c(F)c1)C(=O)O. The van der Waals surface area contributed by atoms with Gasteiger partial charge in [0, 0.05) is 6.42 Å². The smallest absolute Gasteiger partial charge is 0.326 e. The highest BCUT2D eigenvalue weighted by Gasteiger charge is 2.24. The molecule has 1 amide bonds. The van der Waals surface area contributed by atoms with E-state index in [-0.39, 0.29) is 18.8 Å². The van der Waals surface area contributed by atoms with Gasteiger partial charge in [-0.3, -0.25) is 4.79 Å². The predicted molar refractivity (Wildman–Crippen MR) is 73.7 cm³/mol. The third kappa shape index (κ3) is 5.13. The van der Waals surface area contributed by atoms with Crippen LogP contribution in [0.1, 0.15) is 32.3 Å². The summed E-state index contributed by atoms with van der Waals surface area (Å²) in [5.74, 6) is -3.59. The summed E-state index contributed by atoms with van der Waals surface area (Å²) in [5, 5.41) is 11.5. The van der Waals surface area contributed by atoms with Gasteiger partial charge in [-0.1, -0.05) is 26.3 Å². The maximum Gasteiger partial charge on any atom is 0.326 e. The van der Waals surface area contributed by atoms with Crippen LogP contribution in [0.3, 0.4) is 0 Å². The van der Waals surface area contributed by atoms with E-state index in [1.807, 2.05) is 6.92 Å². The Balaban J connectivity index is 2.56. The standard InChI is InChI=1S/C15H19F2NO3/c1-3-9(2)14(15(20)21)18-13(19)7-5-10-4-6-11(16)12(17)8-10/h4,6,8-9,14H,3,5,7H2,1-2H3,(H,18,19)(H,20,21). The zero-order chi connectivity index (χ0) is 16.0. The van der Waals surface area contributed by atoms with Crippen LogP contribution in [0.4, 0.5) is 8.78 Å². The van der Waals surface area contributed by atoms with Crippen LogP contribution in [0.2, 0.25) is 0 Å². The molecule has 1 aromatic carbocycles. The molecule has 2 unspecified atom stereocenters. The molecule has 1 aromatic rings. The Hall–Kier alpha value is -1.98. The van der Waals surface area contributed by atoms with Gasteiger partial charge < -0.3 is 10.4 Å². The van der Waals surface area contributed by atoms with E-state index in [0.717, 1.165) is 12.1 Å². The summed E-state index contributed by atoms with van der Waals surface area (Å²) in [6.07, 6.45) is 0.863. The van der Waals surface area contributed by atoms with Crippen molar-refractivity contribution in [2.24, 2.45) is 5.92 Å². The molecular weight excluding hydrogens is 280 g/mol. The van der Waals surface area contributed by atoms with Gasteiger partial charge >= 0.3 is 5.97 Å². The van der Waals surface area contributed by atoms with Gasteiger partial charge in [0.05, 0.1) is 0 Å². The maximum atomic E-state index is 13.0. The second-order valence-corrected chi connectivity index (χ2v) is 5.02. The molecule has 116 valence electrons. The van der Waals surface area contributed by atoms with Crippen LogP contribution >= 0.6 is 0 Å². The first-order valence-electron chi connectivity index (χ1n) is 6.81. The summed E-state index contributed by atoms with van der Waals surface area (Å²) in [4.78, 5) is 22.8. The third-order valence-electron chi connectivity index (χ3n) is 3.42. The van der Waals surface area contributed by atoms with Gasteiger partial charge in [-0.05, 0) is 30.0 Å². The minimum atomic E-state index is -1.08. The molecule has 2 atom stereocenters. The molecule has 21 heavy (non-hydrogen) atoms. The summed E-state index contributed by atoms with van der Waals surface area (Å²) in [6.45, 7) is 3.59. The average molecular weight is 299 g/mol. The van der Waals surface area contributed by atoms with E-state index in [0.29, 0.717) is 12.0 Å². The number of carboxylic acid groups (broad SMARTS) is 1. The first-order valence-corrected chi connectivity index (χ1v) is 6.81. The molecule has 2 N–H and O–H groups in total. The van der Waals surface area contributed by atoms with Gasteiger partial charge in [0.25, 0.3) is 0 Å². The van der Waals surface area contributed by atoms with E-state index >= 15 is 0 Å². The van der Waals surface area contributed by atoms with Crippen molar-refractivity contribution in [2.75, 3.05) is 0 Å². The fourth-order valence-electron chi connectivity index (χ4n) is 1.88. The number of amides is 1. The molecule has 0 spiro atoms. The van der Waals surface area contributed by atoms with E-state index in [9.17, 15) is 18.4 Å². The molecule has 6 heteroatoms. The number of carboxylic acids is 1. The fraction of sp³-hybridized carbons (Fsp3) is 0.467. The summed E-state index contributed by atoms with van der Waals surface area (Å²) < 4.78 is 25.8. The van der Waals surface area contributed by atoms with Crippen LogP contribution in [-0.2, 0) is 16.0 Å². The van der Waals surface area contributed by atoms with Crippen molar-refractivity contribution in [3.63, 3.8) is 0 Å². The lowest BCUT2D eigenvalue weighted by Gasteiger charge is -2.20. The van der Waals surface area contributed by atoms with Crippen LogP contribution < -0.4 is 5.32 Å². The Morgan fingerprint density at radius 2 is 1.95 bits per heavy atom. The highest BCUT2D eigenvalue weighted by Crippen LogP contribution is 2.11. The quantitative estimate of drug-likeness (QED) is 0.813. The Labute approximate surface area is 122 Å². The topological polar surface area (TPSA) is 66.4 Å². The van der Waals surface area contributed by atoms with Crippen molar-refractivity contribution in [1.29, 1.82) is 0 Å². The van der Waals surface area contributed by atoms with Gasteiger partial charge in [-0.2, -0.15) is 0 Å². The Kier molecular flexibility index (Phi) is 6.27. The normalized spacial score (nSPS) is 13.5. The molecule has 0 saturated heterocycles. The van der Waals surface area contributed by atoms with Crippen LogP contribution in [0.5, 0.6) is 0 Å². The van der Waals surface area contributed by atoms with Crippen LogP contribution in [0.15, 0.2) is 18.2 Å². The Morgan fingerprint density at radius 1 is 1.29 bits per heavy atom.